The molecule has 0 aromatic heterocycles. The van der Waals surface area contributed by atoms with Gasteiger partial charge in [0.1, 0.15) is 13.2 Å². The van der Waals surface area contributed by atoms with Crippen LogP contribution >= 0.6 is 0 Å². The smallest absolute Gasteiger partial charge is 0.229 e. The number of carbonyl (C=O) groups excluding carboxylic acids is 2. The van der Waals surface area contributed by atoms with Gasteiger partial charge in [-0.2, -0.15) is 0 Å². The fraction of sp³-hybridized carbons (Fsp3) is 0.333. The number of amides is 2. The molecule has 6 heteroatoms. The van der Waals surface area contributed by atoms with Crippen LogP contribution < -0.4 is 19.7 Å². The van der Waals surface area contributed by atoms with Crippen molar-refractivity contribution in [1.29, 1.82) is 0 Å². The van der Waals surface area contributed by atoms with E-state index < -0.39 is 0 Å². The average molecular weight is 366 g/mol. The van der Waals surface area contributed by atoms with Crippen LogP contribution in [0.5, 0.6) is 11.5 Å². The Morgan fingerprint density at radius 1 is 1.11 bits per heavy atom. The first kappa shape index (κ1) is 17.4. The van der Waals surface area contributed by atoms with Crippen molar-refractivity contribution in [3.05, 3.63) is 48.0 Å². The molecule has 1 saturated heterocycles. The molecule has 1 N–H and O–H groups in total. The van der Waals surface area contributed by atoms with Crippen molar-refractivity contribution < 1.29 is 19.1 Å². The average Bonchev–Trinajstić information content (AvgIpc) is 3.10. The first-order valence-corrected chi connectivity index (χ1v) is 9.24. The van der Waals surface area contributed by atoms with Crippen molar-refractivity contribution in [2.24, 2.45) is 5.92 Å². The van der Waals surface area contributed by atoms with E-state index in [9.17, 15) is 9.59 Å². The molecule has 140 valence electrons. The van der Waals surface area contributed by atoms with Crippen LogP contribution in [0.3, 0.4) is 0 Å². The van der Waals surface area contributed by atoms with Gasteiger partial charge in [-0.15, -0.1) is 0 Å². The number of anilines is 2. The van der Waals surface area contributed by atoms with E-state index in [0.717, 1.165) is 12.1 Å². The van der Waals surface area contributed by atoms with E-state index >= 15 is 0 Å². The van der Waals surface area contributed by atoms with Gasteiger partial charge in [-0.1, -0.05) is 19.1 Å². The second-order valence-corrected chi connectivity index (χ2v) is 6.77. The van der Waals surface area contributed by atoms with E-state index in [2.05, 4.69) is 12.2 Å². The maximum Gasteiger partial charge on any atom is 0.229 e. The second kappa shape index (κ2) is 7.31. The SMILES string of the molecule is CCc1ccc(N2C[C@@H](C(=O)Nc3ccc4c(c3)OCCO4)CC2=O)cc1. The molecule has 0 aliphatic carbocycles. The molecule has 2 aliphatic rings. The molecule has 1 atom stereocenters. The standard InChI is InChI=1S/C21H22N2O4/c1-2-14-3-6-17(7-4-14)23-13-15(11-20(23)24)21(25)22-16-5-8-18-19(12-16)27-10-9-26-18/h3-8,12,15H,2,9-11,13H2,1H3,(H,22,25)/t15-/m0/s1. The molecule has 1 fully saturated rings. The Morgan fingerprint density at radius 2 is 1.85 bits per heavy atom. The molecular weight excluding hydrogens is 344 g/mol. The number of hydrogen-bond acceptors (Lipinski definition) is 4. The molecular formula is C21H22N2O4. The predicted molar refractivity (Wildman–Crippen MR) is 102 cm³/mol. The molecule has 0 saturated carbocycles. The van der Waals surface area contributed by atoms with Crippen molar-refractivity contribution >= 4 is 23.2 Å². The van der Waals surface area contributed by atoms with E-state index in [4.69, 9.17) is 9.47 Å². The van der Waals surface area contributed by atoms with Crippen molar-refractivity contribution in [3.8, 4) is 11.5 Å². The van der Waals surface area contributed by atoms with Gasteiger partial charge in [-0.05, 0) is 36.2 Å². The van der Waals surface area contributed by atoms with Crippen molar-refractivity contribution in [2.75, 3.05) is 30.0 Å². The molecule has 27 heavy (non-hydrogen) atoms. The molecule has 2 heterocycles. The first-order chi connectivity index (χ1) is 13.1. The highest BCUT2D eigenvalue weighted by Crippen LogP contribution is 2.33. The number of nitrogens with one attached hydrogen (secondary N) is 1. The maximum atomic E-state index is 12.6. The highest BCUT2D eigenvalue weighted by Gasteiger charge is 2.35. The number of benzene rings is 2. The van der Waals surface area contributed by atoms with Crippen LogP contribution in [-0.4, -0.2) is 31.6 Å². The van der Waals surface area contributed by atoms with Gasteiger partial charge in [0.25, 0.3) is 0 Å². The highest BCUT2D eigenvalue weighted by molar-refractivity contribution is 6.03. The Labute approximate surface area is 158 Å². The third-order valence-electron chi connectivity index (χ3n) is 4.96. The summed E-state index contributed by atoms with van der Waals surface area (Å²) in [5, 5.41) is 2.89. The zero-order valence-electron chi connectivity index (χ0n) is 15.2. The van der Waals surface area contributed by atoms with Gasteiger partial charge in [0.05, 0.1) is 5.92 Å². The Bertz CT molecular complexity index is 863. The van der Waals surface area contributed by atoms with Gasteiger partial charge in [-0.3, -0.25) is 9.59 Å². The highest BCUT2D eigenvalue weighted by atomic mass is 16.6. The molecule has 2 aromatic carbocycles. The number of carbonyl (C=O) groups is 2. The Balaban J connectivity index is 1.43. The molecule has 2 aromatic rings. The van der Waals surface area contributed by atoms with Gasteiger partial charge >= 0.3 is 0 Å². The van der Waals surface area contributed by atoms with Crippen LogP contribution in [0.15, 0.2) is 42.5 Å². The van der Waals surface area contributed by atoms with Gasteiger partial charge in [0, 0.05) is 30.4 Å². The lowest BCUT2D eigenvalue weighted by atomic mass is 10.1. The van der Waals surface area contributed by atoms with Gasteiger partial charge in [0.2, 0.25) is 11.8 Å². The normalized spacial score (nSPS) is 18.5. The minimum Gasteiger partial charge on any atom is -0.486 e. The minimum absolute atomic E-state index is 0.0263. The summed E-state index contributed by atoms with van der Waals surface area (Å²) in [6.45, 7) is 3.50. The minimum atomic E-state index is -0.378. The van der Waals surface area contributed by atoms with Gasteiger partial charge in [0.15, 0.2) is 11.5 Å². The summed E-state index contributed by atoms with van der Waals surface area (Å²) in [4.78, 5) is 26.7. The first-order valence-electron chi connectivity index (χ1n) is 9.24. The van der Waals surface area contributed by atoms with Crippen molar-refractivity contribution in [1.82, 2.24) is 0 Å². The van der Waals surface area contributed by atoms with Crippen LogP contribution in [0.4, 0.5) is 11.4 Å². The van der Waals surface area contributed by atoms with E-state index in [1.807, 2.05) is 24.3 Å². The molecule has 2 amide bonds. The van der Waals surface area contributed by atoms with Crippen LogP contribution in [0.1, 0.15) is 18.9 Å². The second-order valence-electron chi connectivity index (χ2n) is 6.77. The largest absolute Gasteiger partial charge is 0.486 e. The quantitative estimate of drug-likeness (QED) is 0.903. The number of fused-ring (bicyclic) bond motifs is 1. The van der Waals surface area contributed by atoms with E-state index in [1.165, 1.54) is 5.56 Å². The summed E-state index contributed by atoms with van der Waals surface area (Å²) in [5.41, 5.74) is 2.70. The lowest BCUT2D eigenvalue weighted by Gasteiger charge is -2.19. The fourth-order valence-electron chi connectivity index (χ4n) is 3.41. The number of ether oxygens (including phenoxy) is 2. The molecule has 0 spiro atoms. The molecule has 0 unspecified atom stereocenters. The van der Waals surface area contributed by atoms with E-state index in [-0.39, 0.29) is 24.2 Å². The zero-order chi connectivity index (χ0) is 18.8. The molecule has 6 nitrogen and oxygen atoms in total. The molecule has 0 radical (unpaired) electrons. The molecule has 0 bridgehead atoms. The number of rotatable bonds is 4. The zero-order valence-corrected chi connectivity index (χ0v) is 15.2. The van der Waals surface area contributed by atoms with E-state index in [1.54, 1.807) is 23.1 Å². The Morgan fingerprint density at radius 3 is 2.59 bits per heavy atom. The van der Waals surface area contributed by atoms with Crippen LogP contribution in [0.25, 0.3) is 0 Å². The number of nitrogens with zero attached hydrogens (tertiary/aromatic N) is 1. The predicted octanol–water partition coefficient (Wildman–Crippen LogP) is 3.01. The third kappa shape index (κ3) is 3.60. The maximum absolute atomic E-state index is 12.6. The Hall–Kier alpha value is -3.02. The van der Waals surface area contributed by atoms with E-state index in [0.29, 0.717) is 36.9 Å². The number of hydrogen-bond donors (Lipinski definition) is 1. The summed E-state index contributed by atoms with van der Waals surface area (Å²) < 4.78 is 11.0. The van der Waals surface area contributed by atoms with Crippen molar-refractivity contribution in [3.63, 3.8) is 0 Å². The monoisotopic (exact) mass is 366 g/mol. The summed E-state index contributed by atoms with van der Waals surface area (Å²) in [7, 11) is 0. The lowest BCUT2D eigenvalue weighted by Crippen LogP contribution is -2.28. The molecule has 4 rings (SSSR count). The molecule has 2 aliphatic heterocycles. The van der Waals surface area contributed by atoms with Crippen LogP contribution in [0.2, 0.25) is 0 Å². The van der Waals surface area contributed by atoms with Crippen LogP contribution in [-0.2, 0) is 16.0 Å². The third-order valence-corrected chi connectivity index (χ3v) is 4.96. The van der Waals surface area contributed by atoms with Crippen molar-refractivity contribution in [2.45, 2.75) is 19.8 Å². The summed E-state index contributed by atoms with van der Waals surface area (Å²) in [6.07, 6.45) is 1.17. The number of aryl methyl sites for hydroxylation is 1. The topological polar surface area (TPSA) is 67.9 Å². The fourth-order valence-corrected chi connectivity index (χ4v) is 3.41. The lowest BCUT2D eigenvalue weighted by molar-refractivity contribution is -0.122. The van der Waals surface area contributed by atoms with Gasteiger partial charge in [-0.25, -0.2) is 0 Å². The van der Waals surface area contributed by atoms with Gasteiger partial charge < -0.3 is 19.7 Å². The summed E-state index contributed by atoms with van der Waals surface area (Å²) in [6, 6.07) is 13.2. The summed E-state index contributed by atoms with van der Waals surface area (Å²) >= 11 is 0. The summed E-state index contributed by atoms with van der Waals surface area (Å²) in [5.74, 6) is 0.738. The van der Waals surface area contributed by atoms with Crippen LogP contribution in [0, 0.1) is 5.92 Å². The Kier molecular flexibility index (Phi) is 4.71.